The van der Waals surface area contributed by atoms with E-state index in [1.807, 2.05) is 24.3 Å². The van der Waals surface area contributed by atoms with Gasteiger partial charge in [-0.05, 0) is 44.9 Å². The van der Waals surface area contributed by atoms with Gasteiger partial charge in [0.2, 0.25) is 11.7 Å². The summed E-state index contributed by atoms with van der Waals surface area (Å²) in [5.41, 5.74) is 0.848. The zero-order chi connectivity index (χ0) is 21.2. The van der Waals surface area contributed by atoms with E-state index in [1.54, 1.807) is 0 Å². The van der Waals surface area contributed by atoms with Crippen molar-refractivity contribution >= 4 is 41.5 Å². The molecule has 0 radical (unpaired) electrons. The predicted molar refractivity (Wildman–Crippen MR) is 137 cm³/mol. The molecule has 0 unspecified atom stereocenters. The molecule has 2 heterocycles. The lowest BCUT2D eigenvalue weighted by atomic mass is 10.0. The molecular weight excluding hydrogens is 527 g/mol. The summed E-state index contributed by atoms with van der Waals surface area (Å²) < 4.78 is 5.37. The van der Waals surface area contributed by atoms with E-state index in [4.69, 9.17) is 21.1 Å². The topological polar surface area (TPSA) is 78.6 Å². The number of nitrogens with zero attached hydrogens (tertiary/aromatic N) is 4. The largest absolute Gasteiger partial charge is 0.357 e. The van der Waals surface area contributed by atoms with Gasteiger partial charge in [0.15, 0.2) is 5.96 Å². The molecule has 0 bridgehead atoms. The van der Waals surface area contributed by atoms with Gasteiger partial charge in [-0.2, -0.15) is 4.98 Å². The number of hydrogen-bond acceptors (Lipinski definition) is 5. The Morgan fingerprint density at radius 3 is 2.81 bits per heavy atom. The van der Waals surface area contributed by atoms with Crippen molar-refractivity contribution in [3.8, 4) is 11.4 Å². The number of aliphatic imine (C=N–C) groups is 1. The van der Waals surface area contributed by atoms with E-state index in [0.717, 1.165) is 44.0 Å². The summed E-state index contributed by atoms with van der Waals surface area (Å²) >= 11 is 6.04. The fraction of sp³-hybridized carbons (Fsp3) is 0.591. The van der Waals surface area contributed by atoms with Crippen LogP contribution in [0.15, 0.2) is 33.8 Å². The maximum absolute atomic E-state index is 6.04. The van der Waals surface area contributed by atoms with Gasteiger partial charge in [-0.15, -0.1) is 24.0 Å². The zero-order valence-electron chi connectivity index (χ0n) is 18.4. The predicted octanol–water partition coefficient (Wildman–Crippen LogP) is 4.37. The number of aromatic nitrogens is 2. The number of rotatable bonds is 9. The minimum Gasteiger partial charge on any atom is -0.357 e. The van der Waals surface area contributed by atoms with Gasteiger partial charge in [-0.3, -0.25) is 4.99 Å². The Hall–Kier alpha value is -1.39. The first-order valence-corrected chi connectivity index (χ1v) is 11.4. The van der Waals surface area contributed by atoms with E-state index in [1.165, 1.54) is 19.4 Å². The van der Waals surface area contributed by atoms with Crippen molar-refractivity contribution in [3.05, 3.63) is 35.2 Å². The second kappa shape index (κ2) is 13.9. The molecule has 9 heteroatoms. The van der Waals surface area contributed by atoms with Crippen molar-refractivity contribution in [2.75, 3.05) is 32.7 Å². The lowest BCUT2D eigenvalue weighted by Crippen LogP contribution is -2.48. The maximum atomic E-state index is 6.04. The second-order valence-electron chi connectivity index (χ2n) is 7.65. The van der Waals surface area contributed by atoms with Crippen molar-refractivity contribution in [2.24, 2.45) is 4.99 Å². The van der Waals surface area contributed by atoms with Crippen molar-refractivity contribution in [1.82, 2.24) is 25.7 Å². The number of piperidine rings is 1. The number of unbranched alkanes of at least 4 members (excludes halogenated alkanes) is 1. The van der Waals surface area contributed by atoms with E-state index in [0.29, 0.717) is 35.7 Å². The monoisotopic (exact) mass is 560 g/mol. The Morgan fingerprint density at radius 1 is 1.29 bits per heavy atom. The highest BCUT2D eigenvalue weighted by atomic mass is 127. The molecule has 1 aliphatic heterocycles. The van der Waals surface area contributed by atoms with Gasteiger partial charge >= 0.3 is 0 Å². The van der Waals surface area contributed by atoms with Crippen molar-refractivity contribution in [3.63, 3.8) is 0 Å². The van der Waals surface area contributed by atoms with Crippen LogP contribution in [0, 0.1) is 0 Å². The van der Waals surface area contributed by atoms with Crippen LogP contribution < -0.4 is 10.6 Å². The standard InChI is InChI=1S/C22H33ClN6O.HI/c1-3-5-13-29-14-10-19(11-15-29)26-22(24-4-2)25-12-9-20-27-21(28-30-20)17-7-6-8-18(23)16-17;/h6-8,16,19H,3-5,9-15H2,1-2H3,(H2,24,25,26);1H. The smallest absolute Gasteiger partial charge is 0.228 e. The molecule has 1 saturated heterocycles. The van der Waals surface area contributed by atoms with E-state index < -0.39 is 0 Å². The molecule has 3 rings (SSSR count). The molecule has 0 aliphatic carbocycles. The molecule has 0 atom stereocenters. The van der Waals surface area contributed by atoms with Crippen molar-refractivity contribution in [1.29, 1.82) is 0 Å². The fourth-order valence-corrected chi connectivity index (χ4v) is 3.75. The van der Waals surface area contributed by atoms with Gasteiger partial charge in [0.1, 0.15) is 0 Å². The van der Waals surface area contributed by atoms with E-state index in [9.17, 15) is 0 Å². The highest BCUT2D eigenvalue weighted by Crippen LogP contribution is 2.20. The van der Waals surface area contributed by atoms with Gasteiger partial charge in [0.25, 0.3) is 0 Å². The maximum Gasteiger partial charge on any atom is 0.228 e. The molecule has 1 aromatic heterocycles. The molecule has 1 fully saturated rings. The number of hydrogen-bond donors (Lipinski definition) is 2. The molecule has 172 valence electrons. The molecule has 0 spiro atoms. The SMILES string of the molecule is CCCCN1CCC(NC(=NCCc2nc(-c3cccc(Cl)c3)no2)NCC)CC1.I. The molecule has 2 N–H and O–H groups in total. The lowest BCUT2D eigenvalue weighted by Gasteiger charge is -2.33. The van der Waals surface area contributed by atoms with Crippen LogP contribution in [0.5, 0.6) is 0 Å². The van der Waals surface area contributed by atoms with Crippen molar-refractivity contribution in [2.45, 2.75) is 52.0 Å². The van der Waals surface area contributed by atoms with E-state index in [-0.39, 0.29) is 24.0 Å². The van der Waals surface area contributed by atoms with Gasteiger partial charge in [-0.1, -0.05) is 42.2 Å². The normalized spacial score (nSPS) is 15.5. The molecule has 1 aromatic carbocycles. The average molecular weight is 561 g/mol. The van der Waals surface area contributed by atoms with Gasteiger partial charge in [0.05, 0.1) is 6.54 Å². The highest BCUT2D eigenvalue weighted by molar-refractivity contribution is 14.0. The molecule has 31 heavy (non-hydrogen) atoms. The molecule has 0 saturated carbocycles. The third-order valence-electron chi connectivity index (χ3n) is 5.25. The van der Waals surface area contributed by atoms with Crippen LogP contribution in [0.1, 0.15) is 45.4 Å². The first-order valence-electron chi connectivity index (χ1n) is 11.0. The molecular formula is C22H34ClIN6O. The van der Waals surface area contributed by atoms with E-state index >= 15 is 0 Å². The third kappa shape index (κ3) is 8.57. The van der Waals surface area contributed by atoms with Crippen LogP contribution in [-0.2, 0) is 6.42 Å². The fourth-order valence-electron chi connectivity index (χ4n) is 3.56. The van der Waals surface area contributed by atoms with Crippen LogP contribution >= 0.6 is 35.6 Å². The van der Waals surface area contributed by atoms with Crippen LogP contribution in [0.2, 0.25) is 5.02 Å². The number of likely N-dealkylation sites (tertiary alicyclic amines) is 1. The summed E-state index contributed by atoms with van der Waals surface area (Å²) in [6, 6.07) is 7.92. The molecule has 1 aliphatic rings. The Labute approximate surface area is 207 Å². The van der Waals surface area contributed by atoms with Gasteiger partial charge < -0.3 is 20.1 Å². The Morgan fingerprint density at radius 2 is 2.10 bits per heavy atom. The zero-order valence-corrected chi connectivity index (χ0v) is 21.5. The van der Waals surface area contributed by atoms with Crippen molar-refractivity contribution < 1.29 is 4.52 Å². The lowest BCUT2D eigenvalue weighted by molar-refractivity contribution is 0.203. The first-order chi connectivity index (χ1) is 14.7. The van der Waals surface area contributed by atoms with Gasteiger partial charge in [-0.25, -0.2) is 0 Å². The van der Waals surface area contributed by atoms with Crippen LogP contribution in [0.4, 0.5) is 0 Å². The highest BCUT2D eigenvalue weighted by Gasteiger charge is 2.19. The summed E-state index contributed by atoms with van der Waals surface area (Å²) in [4.78, 5) is 11.7. The minimum atomic E-state index is 0. The van der Waals surface area contributed by atoms with Crippen LogP contribution in [0.25, 0.3) is 11.4 Å². The average Bonchev–Trinajstić information content (AvgIpc) is 3.22. The number of halogens is 2. The summed E-state index contributed by atoms with van der Waals surface area (Å²) in [5, 5.41) is 11.6. The minimum absolute atomic E-state index is 0. The van der Waals surface area contributed by atoms with E-state index in [2.05, 4.69) is 39.5 Å². The number of benzene rings is 1. The molecule has 7 nitrogen and oxygen atoms in total. The summed E-state index contributed by atoms with van der Waals surface area (Å²) in [5.74, 6) is 1.99. The Bertz CT molecular complexity index is 807. The third-order valence-corrected chi connectivity index (χ3v) is 5.48. The quantitative estimate of drug-likeness (QED) is 0.269. The molecule has 2 aromatic rings. The second-order valence-corrected chi connectivity index (χ2v) is 8.08. The Balaban J connectivity index is 0.00000341. The first kappa shape index (κ1) is 25.9. The molecule has 0 amide bonds. The summed E-state index contributed by atoms with van der Waals surface area (Å²) in [6.45, 7) is 9.29. The number of nitrogens with one attached hydrogen (secondary N) is 2. The van der Waals surface area contributed by atoms with Crippen LogP contribution in [0.3, 0.4) is 0 Å². The summed E-state index contributed by atoms with van der Waals surface area (Å²) in [7, 11) is 0. The summed E-state index contributed by atoms with van der Waals surface area (Å²) in [6.07, 6.45) is 5.45. The van der Waals surface area contributed by atoms with Gasteiger partial charge in [0, 0.05) is 42.7 Å². The van der Waals surface area contributed by atoms with Crippen LogP contribution in [-0.4, -0.2) is 59.8 Å². The Kier molecular flexibility index (Phi) is 11.6. The number of guanidine groups is 1.